The Morgan fingerprint density at radius 1 is 1.53 bits per heavy atom. The summed E-state index contributed by atoms with van der Waals surface area (Å²) in [5.74, 6) is 0.929. The summed E-state index contributed by atoms with van der Waals surface area (Å²) in [6.07, 6.45) is 0.505. The van der Waals surface area contributed by atoms with Crippen molar-refractivity contribution in [3.63, 3.8) is 0 Å². The second-order valence-electron chi connectivity index (χ2n) is 3.87. The van der Waals surface area contributed by atoms with E-state index in [-0.39, 0.29) is 5.91 Å². The Kier molecular flexibility index (Phi) is 4.76. The Balaban J connectivity index is 1.89. The van der Waals surface area contributed by atoms with Gasteiger partial charge in [-0.15, -0.1) is 0 Å². The number of hydrogen-bond acceptors (Lipinski definition) is 4. The molecule has 5 nitrogen and oxygen atoms in total. The fourth-order valence-electron chi connectivity index (χ4n) is 1.46. The lowest BCUT2D eigenvalue weighted by Gasteiger charge is -2.04. The summed E-state index contributed by atoms with van der Waals surface area (Å²) in [7, 11) is 0. The van der Waals surface area contributed by atoms with E-state index in [4.69, 9.17) is 16.1 Å². The second kappa shape index (κ2) is 6.33. The number of benzene rings is 1. The van der Waals surface area contributed by atoms with Gasteiger partial charge in [0.2, 0.25) is 5.89 Å². The van der Waals surface area contributed by atoms with Crippen LogP contribution in [0.4, 0.5) is 0 Å². The number of amides is 1. The molecule has 0 saturated heterocycles. The van der Waals surface area contributed by atoms with Gasteiger partial charge in [-0.05, 0) is 47.7 Å². The highest BCUT2D eigenvalue weighted by atomic mass is 127. The average Bonchev–Trinajstić information content (AvgIpc) is 2.78. The third-order valence-electron chi connectivity index (χ3n) is 2.38. The van der Waals surface area contributed by atoms with Crippen molar-refractivity contribution in [2.45, 2.75) is 13.3 Å². The minimum absolute atomic E-state index is 0.172. The molecule has 0 saturated carbocycles. The first-order chi connectivity index (χ1) is 9.06. The quantitative estimate of drug-likeness (QED) is 0.814. The number of hydrogen-bond donors (Lipinski definition) is 1. The first-order valence-corrected chi connectivity index (χ1v) is 7.04. The highest BCUT2D eigenvalue weighted by Crippen LogP contribution is 2.19. The molecule has 0 aliphatic heterocycles. The number of aryl methyl sites for hydroxylation is 1. The van der Waals surface area contributed by atoms with Crippen LogP contribution < -0.4 is 5.32 Å². The van der Waals surface area contributed by atoms with E-state index in [9.17, 15) is 4.79 Å². The van der Waals surface area contributed by atoms with Crippen molar-refractivity contribution in [1.82, 2.24) is 15.5 Å². The maximum Gasteiger partial charge on any atom is 0.251 e. The topological polar surface area (TPSA) is 68.0 Å². The molecule has 2 rings (SSSR count). The third kappa shape index (κ3) is 3.90. The van der Waals surface area contributed by atoms with Gasteiger partial charge < -0.3 is 9.84 Å². The molecule has 0 radical (unpaired) electrons. The molecule has 1 N–H and O–H groups in total. The molecule has 100 valence electrons. The zero-order chi connectivity index (χ0) is 13.8. The average molecular weight is 392 g/mol. The van der Waals surface area contributed by atoms with Gasteiger partial charge >= 0.3 is 0 Å². The van der Waals surface area contributed by atoms with E-state index in [0.29, 0.717) is 35.3 Å². The van der Waals surface area contributed by atoms with Crippen LogP contribution in [-0.4, -0.2) is 22.6 Å². The van der Waals surface area contributed by atoms with Gasteiger partial charge in [-0.3, -0.25) is 4.79 Å². The summed E-state index contributed by atoms with van der Waals surface area (Å²) in [4.78, 5) is 15.9. The zero-order valence-corrected chi connectivity index (χ0v) is 13.0. The summed E-state index contributed by atoms with van der Waals surface area (Å²) in [6.45, 7) is 2.18. The number of aromatic nitrogens is 2. The van der Waals surface area contributed by atoms with Crippen LogP contribution in [0.2, 0.25) is 5.02 Å². The standard InChI is InChI=1S/C12H11ClIN3O2/c1-7-16-11(19-17-7)4-5-15-12(18)8-2-3-10(14)9(13)6-8/h2-3,6H,4-5H2,1H3,(H,15,18). The number of nitrogens with one attached hydrogen (secondary N) is 1. The molecular formula is C12H11ClIN3O2. The predicted octanol–water partition coefficient (Wildman–Crippen LogP) is 2.61. The second-order valence-corrected chi connectivity index (χ2v) is 5.44. The zero-order valence-electron chi connectivity index (χ0n) is 10.1. The van der Waals surface area contributed by atoms with Crippen molar-refractivity contribution in [2.75, 3.05) is 6.54 Å². The minimum Gasteiger partial charge on any atom is -0.352 e. The Morgan fingerprint density at radius 3 is 2.95 bits per heavy atom. The van der Waals surface area contributed by atoms with Crippen molar-refractivity contribution in [3.05, 3.63) is 44.1 Å². The molecule has 1 heterocycles. The van der Waals surface area contributed by atoms with Crippen LogP contribution in [0.25, 0.3) is 0 Å². The van der Waals surface area contributed by atoms with Crippen LogP contribution in [-0.2, 0) is 6.42 Å². The molecule has 2 aromatic rings. The molecule has 0 aliphatic rings. The van der Waals surface area contributed by atoms with E-state index in [1.165, 1.54) is 0 Å². The molecule has 0 bridgehead atoms. The van der Waals surface area contributed by atoms with Gasteiger partial charge in [0, 0.05) is 22.1 Å². The molecule has 1 aromatic heterocycles. The number of nitrogens with zero attached hydrogens (tertiary/aromatic N) is 2. The Labute approximate surface area is 128 Å². The van der Waals surface area contributed by atoms with Crippen molar-refractivity contribution in [3.8, 4) is 0 Å². The fraction of sp³-hybridized carbons (Fsp3) is 0.250. The Hall–Kier alpha value is -1.15. The molecule has 0 unspecified atom stereocenters. The third-order valence-corrected chi connectivity index (χ3v) is 3.95. The minimum atomic E-state index is -0.172. The Bertz CT molecular complexity index is 600. The van der Waals surface area contributed by atoms with E-state index in [0.717, 1.165) is 3.57 Å². The summed E-state index contributed by atoms with van der Waals surface area (Å²) >= 11 is 8.08. The number of carbonyl (C=O) groups excluding carboxylic acids is 1. The van der Waals surface area contributed by atoms with Gasteiger partial charge in [0.1, 0.15) is 0 Å². The Morgan fingerprint density at radius 2 is 2.32 bits per heavy atom. The van der Waals surface area contributed by atoms with Crippen LogP contribution in [0, 0.1) is 10.5 Å². The largest absolute Gasteiger partial charge is 0.352 e. The maximum atomic E-state index is 11.9. The lowest BCUT2D eigenvalue weighted by Crippen LogP contribution is -2.25. The van der Waals surface area contributed by atoms with E-state index < -0.39 is 0 Å². The molecule has 0 aliphatic carbocycles. The van der Waals surface area contributed by atoms with E-state index in [2.05, 4.69) is 38.0 Å². The summed E-state index contributed by atoms with van der Waals surface area (Å²) in [5.41, 5.74) is 0.534. The van der Waals surface area contributed by atoms with Crippen LogP contribution >= 0.6 is 34.2 Å². The fourth-order valence-corrected chi connectivity index (χ4v) is 1.98. The smallest absolute Gasteiger partial charge is 0.251 e. The summed E-state index contributed by atoms with van der Waals surface area (Å²) in [6, 6.07) is 5.19. The van der Waals surface area contributed by atoms with Crippen molar-refractivity contribution < 1.29 is 9.32 Å². The van der Waals surface area contributed by atoms with Gasteiger partial charge in [-0.25, -0.2) is 0 Å². The van der Waals surface area contributed by atoms with Gasteiger partial charge in [-0.1, -0.05) is 16.8 Å². The first-order valence-electron chi connectivity index (χ1n) is 5.58. The highest BCUT2D eigenvalue weighted by molar-refractivity contribution is 14.1. The van der Waals surface area contributed by atoms with E-state index in [1.807, 2.05) is 0 Å². The molecule has 19 heavy (non-hydrogen) atoms. The molecule has 0 spiro atoms. The van der Waals surface area contributed by atoms with Crippen molar-refractivity contribution >= 4 is 40.1 Å². The first kappa shape index (κ1) is 14.3. The van der Waals surface area contributed by atoms with Gasteiger partial charge in [0.15, 0.2) is 5.82 Å². The van der Waals surface area contributed by atoms with Crippen LogP contribution in [0.3, 0.4) is 0 Å². The number of halogens is 2. The van der Waals surface area contributed by atoms with Gasteiger partial charge in [0.05, 0.1) is 5.02 Å². The lowest BCUT2D eigenvalue weighted by atomic mass is 10.2. The molecule has 0 atom stereocenters. The molecule has 1 amide bonds. The summed E-state index contributed by atoms with van der Waals surface area (Å²) in [5, 5.41) is 7.02. The van der Waals surface area contributed by atoms with Crippen LogP contribution in [0.1, 0.15) is 22.1 Å². The normalized spacial score (nSPS) is 10.5. The monoisotopic (exact) mass is 391 g/mol. The molecule has 7 heteroatoms. The van der Waals surface area contributed by atoms with Crippen molar-refractivity contribution in [2.24, 2.45) is 0 Å². The van der Waals surface area contributed by atoms with Gasteiger partial charge in [0.25, 0.3) is 5.91 Å². The summed E-state index contributed by atoms with van der Waals surface area (Å²) < 4.78 is 5.87. The van der Waals surface area contributed by atoms with Crippen LogP contribution in [0.15, 0.2) is 22.7 Å². The van der Waals surface area contributed by atoms with E-state index >= 15 is 0 Å². The molecular weight excluding hydrogens is 381 g/mol. The number of carbonyl (C=O) groups is 1. The van der Waals surface area contributed by atoms with Gasteiger partial charge in [-0.2, -0.15) is 4.98 Å². The molecule has 1 aromatic carbocycles. The lowest BCUT2D eigenvalue weighted by molar-refractivity contribution is 0.0953. The number of rotatable bonds is 4. The molecule has 0 fully saturated rings. The van der Waals surface area contributed by atoms with Crippen molar-refractivity contribution in [1.29, 1.82) is 0 Å². The SMILES string of the molecule is Cc1noc(CCNC(=O)c2ccc(I)c(Cl)c2)n1. The van der Waals surface area contributed by atoms with Crippen LogP contribution in [0.5, 0.6) is 0 Å². The maximum absolute atomic E-state index is 11.9. The van der Waals surface area contributed by atoms with E-state index in [1.54, 1.807) is 25.1 Å². The predicted molar refractivity (Wildman–Crippen MR) is 79.2 cm³/mol. The highest BCUT2D eigenvalue weighted by Gasteiger charge is 2.08.